The molecule has 5 nitrogen and oxygen atoms in total. The SMILES string of the molecule is O=C(CNc1ccccc1N1CCC(O)CC1)Nc1ccc(F)c(Cl)c1. The van der Waals surface area contributed by atoms with Crippen molar-refractivity contribution in [2.24, 2.45) is 0 Å². The number of nitrogens with zero attached hydrogens (tertiary/aromatic N) is 1. The number of carbonyl (C=O) groups is 1. The first-order chi connectivity index (χ1) is 12.5. The number of anilines is 3. The predicted molar refractivity (Wildman–Crippen MR) is 102 cm³/mol. The molecule has 138 valence electrons. The van der Waals surface area contributed by atoms with Gasteiger partial charge >= 0.3 is 0 Å². The number of nitrogens with one attached hydrogen (secondary N) is 2. The Kier molecular flexibility index (Phi) is 5.96. The van der Waals surface area contributed by atoms with Crippen LogP contribution in [0.1, 0.15) is 12.8 Å². The van der Waals surface area contributed by atoms with E-state index in [2.05, 4.69) is 15.5 Å². The maximum Gasteiger partial charge on any atom is 0.243 e. The van der Waals surface area contributed by atoms with Gasteiger partial charge in [0.25, 0.3) is 0 Å². The number of amides is 1. The topological polar surface area (TPSA) is 64.6 Å². The summed E-state index contributed by atoms with van der Waals surface area (Å²) < 4.78 is 13.2. The van der Waals surface area contributed by atoms with Gasteiger partial charge in [-0.25, -0.2) is 4.39 Å². The number of halogens is 2. The number of aliphatic hydroxyl groups excluding tert-OH is 1. The molecule has 0 aromatic heterocycles. The third kappa shape index (κ3) is 4.65. The highest BCUT2D eigenvalue weighted by Crippen LogP contribution is 2.28. The molecule has 7 heteroatoms. The Morgan fingerprint density at radius 2 is 1.96 bits per heavy atom. The van der Waals surface area contributed by atoms with Crippen LogP contribution in [0.25, 0.3) is 0 Å². The van der Waals surface area contributed by atoms with Crippen molar-refractivity contribution in [2.45, 2.75) is 18.9 Å². The van der Waals surface area contributed by atoms with Crippen molar-refractivity contribution >= 4 is 34.6 Å². The lowest BCUT2D eigenvalue weighted by Crippen LogP contribution is -2.36. The third-order valence-electron chi connectivity index (χ3n) is 4.35. The number of aliphatic hydroxyl groups is 1. The van der Waals surface area contributed by atoms with E-state index in [9.17, 15) is 14.3 Å². The van der Waals surface area contributed by atoms with Crippen LogP contribution in [-0.2, 0) is 4.79 Å². The highest BCUT2D eigenvalue weighted by Gasteiger charge is 2.19. The summed E-state index contributed by atoms with van der Waals surface area (Å²) in [6, 6.07) is 11.8. The highest BCUT2D eigenvalue weighted by molar-refractivity contribution is 6.31. The fourth-order valence-electron chi connectivity index (χ4n) is 2.96. The molecule has 0 radical (unpaired) electrons. The molecule has 0 unspecified atom stereocenters. The van der Waals surface area contributed by atoms with Crippen molar-refractivity contribution < 1.29 is 14.3 Å². The molecule has 1 aliphatic rings. The molecule has 26 heavy (non-hydrogen) atoms. The van der Waals surface area contributed by atoms with Crippen molar-refractivity contribution in [3.05, 3.63) is 53.3 Å². The molecule has 0 atom stereocenters. The normalized spacial score (nSPS) is 15.0. The standard InChI is InChI=1S/C19H21ClFN3O2/c20-15-11-13(5-6-16(15)21)23-19(26)12-22-17-3-1-2-4-18(17)24-9-7-14(25)8-10-24/h1-6,11,14,22,25H,7-10,12H2,(H,23,26). The second kappa shape index (κ2) is 8.38. The predicted octanol–water partition coefficient (Wildman–Crippen LogP) is 3.49. The number of rotatable bonds is 5. The number of hydrogen-bond acceptors (Lipinski definition) is 4. The first kappa shape index (κ1) is 18.5. The zero-order valence-corrected chi connectivity index (χ0v) is 15.0. The second-order valence-electron chi connectivity index (χ2n) is 6.27. The molecular formula is C19H21ClFN3O2. The Bertz CT molecular complexity index is 779. The monoisotopic (exact) mass is 377 g/mol. The number of piperidine rings is 1. The Balaban J connectivity index is 1.60. The fourth-order valence-corrected chi connectivity index (χ4v) is 3.14. The maximum atomic E-state index is 13.2. The molecule has 0 aliphatic carbocycles. The van der Waals surface area contributed by atoms with E-state index in [0.29, 0.717) is 5.69 Å². The van der Waals surface area contributed by atoms with Crippen LogP contribution in [-0.4, -0.2) is 36.8 Å². The summed E-state index contributed by atoms with van der Waals surface area (Å²) in [6.07, 6.45) is 1.24. The Labute approximate surface area is 156 Å². The van der Waals surface area contributed by atoms with Crippen molar-refractivity contribution in [3.8, 4) is 0 Å². The van der Waals surface area contributed by atoms with Gasteiger partial charge in [-0.05, 0) is 43.2 Å². The summed E-state index contributed by atoms with van der Waals surface area (Å²) in [5.41, 5.74) is 2.31. The molecule has 3 N–H and O–H groups in total. The Hall–Kier alpha value is -2.31. The maximum absolute atomic E-state index is 13.2. The van der Waals surface area contributed by atoms with E-state index in [4.69, 9.17) is 11.6 Å². The zero-order valence-electron chi connectivity index (χ0n) is 14.2. The number of hydrogen-bond donors (Lipinski definition) is 3. The third-order valence-corrected chi connectivity index (χ3v) is 4.64. The first-order valence-electron chi connectivity index (χ1n) is 8.54. The Morgan fingerprint density at radius 1 is 1.23 bits per heavy atom. The molecule has 1 fully saturated rings. The van der Waals surface area contributed by atoms with Crippen LogP contribution in [0.5, 0.6) is 0 Å². The molecule has 2 aromatic rings. The lowest BCUT2D eigenvalue weighted by Gasteiger charge is -2.32. The smallest absolute Gasteiger partial charge is 0.243 e. The quantitative estimate of drug-likeness (QED) is 0.746. The van der Waals surface area contributed by atoms with Crippen LogP contribution >= 0.6 is 11.6 Å². The average Bonchev–Trinajstić information content (AvgIpc) is 2.64. The second-order valence-corrected chi connectivity index (χ2v) is 6.67. The summed E-state index contributed by atoms with van der Waals surface area (Å²) in [4.78, 5) is 14.4. The van der Waals surface area contributed by atoms with Gasteiger partial charge in [-0.2, -0.15) is 0 Å². The van der Waals surface area contributed by atoms with E-state index in [1.165, 1.54) is 18.2 Å². The van der Waals surface area contributed by atoms with E-state index >= 15 is 0 Å². The van der Waals surface area contributed by atoms with Crippen molar-refractivity contribution in [1.29, 1.82) is 0 Å². The van der Waals surface area contributed by atoms with Crippen molar-refractivity contribution in [3.63, 3.8) is 0 Å². The summed E-state index contributed by atoms with van der Waals surface area (Å²) in [7, 11) is 0. The number of benzene rings is 2. The molecule has 1 aliphatic heterocycles. The molecule has 2 aromatic carbocycles. The molecule has 0 saturated carbocycles. The molecule has 0 bridgehead atoms. The summed E-state index contributed by atoms with van der Waals surface area (Å²) in [5.74, 6) is -0.778. The van der Waals surface area contributed by atoms with Crippen molar-refractivity contribution in [1.82, 2.24) is 0 Å². The summed E-state index contributed by atoms with van der Waals surface area (Å²) in [5, 5.41) is 15.5. The van der Waals surface area contributed by atoms with Gasteiger partial charge in [0.05, 0.1) is 29.0 Å². The number of carbonyl (C=O) groups excluding carboxylic acids is 1. The molecule has 3 rings (SSSR count). The largest absolute Gasteiger partial charge is 0.393 e. The average molecular weight is 378 g/mol. The van der Waals surface area contributed by atoms with E-state index < -0.39 is 5.82 Å². The number of para-hydroxylation sites is 2. The van der Waals surface area contributed by atoms with Gasteiger partial charge < -0.3 is 20.6 Å². The summed E-state index contributed by atoms with van der Waals surface area (Å²) in [6.45, 7) is 1.63. The van der Waals surface area contributed by atoms with Crippen LogP contribution in [0.2, 0.25) is 5.02 Å². The minimum absolute atomic E-state index is 0.0339. The van der Waals surface area contributed by atoms with E-state index in [1.54, 1.807) is 0 Å². The van der Waals surface area contributed by atoms with Crippen molar-refractivity contribution in [2.75, 3.05) is 35.2 Å². The fraction of sp³-hybridized carbons (Fsp3) is 0.316. The summed E-state index contributed by atoms with van der Waals surface area (Å²) >= 11 is 5.72. The zero-order chi connectivity index (χ0) is 18.5. The molecule has 1 saturated heterocycles. The first-order valence-corrected chi connectivity index (χ1v) is 8.91. The molecular weight excluding hydrogens is 357 g/mol. The minimum Gasteiger partial charge on any atom is -0.393 e. The minimum atomic E-state index is -0.525. The van der Waals surface area contributed by atoms with Gasteiger partial charge in [-0.3, -0.25) is 4.79 Å². The van der Waals surface area contributed by atoms with E-state index in [1.807, 2.05) is 24.3 Å². The van der Waals surface area contributed by atoms with Gasteiger partial charge in [0.1, 0.15) is 5.82 Å². The van der Waals surface area contributed by atoms with Crippen LogP contribution in [0.4, 0.5) is 21.5 Å². The van der Waals surface area contributed by atoms with Gasteiger partial charge in [0.2, 0.25) is 5.91 Å². The molecule has 1 heterocycles. The highest BCUT2D eigenvalue weighted by atomic mass is 35.5. The van der Waals surface area contributed by atoms with E-state index in [0.717, 1.165) is 37.3 Å². The van der Waals surface area contributed by atoms with Crippen LogP contribution in [0.15, 0.2) is 42.5 Å². The van der Waals surface area contributed by atoms with Gasteiger partial charge in [0, 0.05) is 18.8 Å². The van der Waals surface area contributed by atoms with Crippen LogP contribution in [0, 0.1) is 5.82 Å². The lowest BCUT2D eigenvalue weighted by atomic mass is 10.1. The molecule has 1 amide bonds. The van der Waals surface area contributed by atoms with E-state index in [-0.39, 0.29) is 23.6 Å². The lowest BCUT2D eigenvalue weighted by molar-refractivity contribution is -0.114. The van der Waals surface area contributed by atoms with Gasteiger partial charge in [-0.1, -0.05) is 23.7 Å². The van der Waals surface area contributed by atoms with Gasteiger partial charge in [0.15, 0.2) is 0 Å². The van der Waals surface area contributed by atoms with Crippen LogP contribution < -0.4 is 15.5 Å². The molecule has 0 spiro atoms. The van der Waals surface area contributed by atoms with Crippen LogP contribution in [0.3, 0.4) is 0 Å². The Morgan fingerprint density at radius 3 is 2.69 bits per heavy atom. The van der Waals surface area contributed by atoms with Gasteiger partial charge in [-0.15, -0.1) is 0 Å².